The average molecular weight is 300 g/mol. The Morgan fingerprint density at radius 1 is 1.45 bits per heavy atom. The van der Waals surface area contributed by atoms with Gasteiger partial charge in [0.2, 0.25) is 0 Å². The second kappa shape index (κ2) is 5.74. The van der Waals surface area contributed by atoms with Crippen molar-refractivity contribution in [3.63, 3.8) is 0 Å². The lowest BCUT2D eigenvalue weighted by molar-refractivity contribution is 0.0761. The van der Waals surface area contributed by atoms with Crippen LogP contribution in [0.1, 0.15) is 49.2 Å². The predicted molar refractivity (Wildman–Crippen MR) is 78.0 cm³/mol. The van der Waals surface area contributed by atoms with E-state index in [0.717, 1.165) is 12.1 Å². The lowest BCUT2D eigenvalue weighted by Gasteiger charge is -2.18. The summed E-state index contributed by atoms with van der Waals surface area (Å²) in [7, 11) is 1.74. The molecule has 2 unspecified atom stereocenters. The zero-order valence-corrected chi connectivity index (χ0v) is 13.2. The highest BCUT2D eigenvalue weighted by atomic mass is 35.5. The van der Waals surface area contributed by atoms with Crippen molar-refractivity contribution in [3.05, 3.63) is 16.4 Å². The minimum Gasteiger partial charge on any atom is -0.393 e. The van der Waals surface area contributed by atoms with E-state index in [1.165, 1.54) is 0 Å². The maximum absolute atomic E-state index is 12.7. The molecule has 2 rings (SSSR count). The molecule has 0 saturated carbocycles. The normalized spacial score (nSPS) is 20.8. The van der Waals surface area contributed by atoms with Crippen LogP contribution in [0.15, 0.2) is 0 Å². The molecule has 20 heavy (non-hydrogen) atoms. The number of aliphatic hydroxyl groups is 1. The van der Waals surface area contributed by atoms with Crippen molar-refractivity contribution < 1.29 is 9.90 Å². The van der Waals surface area contributed by atoms with E-state index in [1.54, 1.807) is 23.6 Å². The second-order valence-electron chi connectivity index (χ2n) is 5.87. The monoisotopic (exact) mass is 299 g/mol. The maximum atomic E-state index is 12.7. The largest absolute Gasteiger partial charge is 0.393 e. The minimum atomic E-state index is -0.387. The fraction of sp³-hybridized carbons (Fsp3) is 0.714. The summed E-state index contributed by atoms with van der Waals surface area (Å²) in [5, 5.41) is 14.4. The molecule has 0 bridgehead atoms. The Hall–Kier alpha value is -1.07. The highest BCUT2D eigenvalue weighted by Gasteiger charge is 2.33. The lowest BCUT2D eigenvalue weighted by atomic mass is 10.0. The lowest BCUT2D eigenvalue weighted by Crippen LogP contribution is -2.31. The van der Waals surface area contributed by atoms with Crippen LogP contribution in [-0.2, 0) is 7.05 Å². The number of hydrogen-bond donors (Lipinski definition) is 1. The molecule has 6 heteroatoms. The third kappa shape index (κ3) is 2.69. The van der Waals surface area contributed by atoms with Crippen molar-refractivity contribution in [3.8, 4) is 0 Å². The smallest absolute Gasteiger partial charge is 0.258 e. The molecule has 2 atom stereocenters. The van der Waals surface area contributed by atoms with Crippen molar-refractivity contribution in [2.75, 3.05) is 13.1 Å². The van der Waals surface area contributed by atoms with Gasteiger partial charge in [0.25, 0.3) is 5.91 Å². The highest BCUT2D eigenvalue weighted by Crippen LogP contribution is 2.29. The molecule has 0 radical (unpaired) electrons. The number of halogens is 1. The zero-order chi connectivity index (χ0) is 15.0. The molecule has 0 aliphatic carbocycles. The highest BCUT2D eigenvalue weighted by molar-refractivity contribution is 6.33. The van der Waals surface area contributed by atoms with Gasteiger partial charge >= 0.3 is 0 Å². The van der Waals surface area contributed by atoms with E-state index in [9.17, 15) is 9.90 Å². The number of aromatic nitrogens is 2. The summed E-state index contributed by atoms with van der Waals surface area (Å²) < 4.78 is 1.55. The number of hydrogen-bond acceptors (Lipinski definition) is 3. The molecule has 1 aromatic rings. The summed E-state index contributed by atoms with van der Waals surface area (Å²) >= 11 is 6.23. The Morgan fingerprint density at radius 3 is 2.60 bits per heavy atom. The first-order chi connectivity index (χ1) is 9.32. The summed E-state index contributed by atoms with van der Waals surface area (Å²) in [6.45, 7) is 7.02. The first-order valence-corrected chi connectivity index (χ1v) is 7.40. The van der Waals surface area contributed by atoms with Crippen LogP contribution >= 0.6 is 11.6 Å². The molecule has 1 aromatic heterocycles. The van der Waals surface area contributed by atoms with Crippen LogP contribution in [0.25, 0.3) is 0 Å². The van der Waals surface area contributed by atoms with Crippen molar-refractivity contribution in [1.82, 2.24) is 14.7 Å². The van der Waals surface area contributed by atoms with Crippen LogP contribution in [0, 0.1) is 5.92 Å². The number of carbonyl (C=O) groups is 1. The van der Waals surface area contributed by atoms with E-state index in [0.29, 0.717) is 23.8 Å². The standard InChI is InChI=1S/C14H22ClN3O2/c1-8(2)12-11(13(15)17(4)16-12)14(20)18-6-5-10(7-18)9(3)19/h8-10,19H,5-7H2,1-4H3. The van der Waals surface area contributed by atoms with E-state index in [2.05, 4.69) is 5.10 Å². The predicted octanol–water partition coefficient (Wildman–Crippen LogP) is 2.04. The van der Waals surface area contributed by atoms with E-state index < -0.39 is 0 Å². The van der Waals surface area contributed by atoms with Gasteiger partial charge in [0.05, 0.1) is 17.4 Å². The molecule has 1 saturated heterocycles. The van der Waals surface area contributed by atoms with Gasteiger partial charge in [-0.05, 0) is 19.3 Å². The average Bonchev–Trinajstić information content (AvgIpc) is 2.95. The van der Waals surface area contributed by atoms with Gasteiger partial charge in [0, 0.05) is 26.1 Å². The van der Waals surface area contributed by atoms with Crippen LogP contribution in [0.3, 0.4) is 0 Å². The van der Waals surface area contributed by atoms with Gasteiger partial charge in [-0.2, -0.15) is 5.10 Å². The van der Waals surface area contributed by atoms with Gasteiger partial charge in [0.15, 0.2) is 0 Å². The number of amides is 1. The summed E-state index contributed by atoms with van der Waals surface area (Å²) in [5.74, 6) is 0.217. The Kier molecular flexibility index (Phi) is 4.39. The summed E-state index contributed by atoms with van der Waals surface area (Å²) in [5.41, 5.74) is 1.25. The molecule has 5 nitrogen and oxygen atoms in total. The van der Waals surface area contributed by atoms with E-state index in [4.69, 9.17) is 11.6 Å². The summed E-state index contributed by atoms with van der Waals surface area (Å²) in [4.78, 5) is 14.5. The molecule has 0 aromatic carbocycles. The first kappa shape index (κ1) is 15.3. The van der Waals surface area contributed by atoms with E-state index >= 15 is 0 Å². The van der Waals surface area contributed by atoms with Gasteiger partial charge < -0.3 is 10.0 Å². The Balaban J connectivity index is 2.26. The molecule has 112 valence electrons. The van der Waals surface area contributed by atoms with Gasteiger partial charge in [-0.15, -0.1) is 0 Å². The number of rotatable bonds is 3. The second-order valence-corrected chi connectivity index (χ2v) is 6.23. The van der Waals surface area contributed by atoms with Gasteiger partial charge in [0.1, 0.15) is 5.15 Å². The van der Waals surface area contributed by atoms with Gasteiger partial charge in [-0.3, -0.25) is 9.48 Å². The molecule has 2 heterocycles. The molecular weight excluding hydrogens is 278 g/mol. The molecule has 1 aliphatic heterocycles. The van der Waals surface area contributed by atoms with Gasteiger partial charge in [-0.25, -0.2) is 0 Å². The number of aliphatic hydroxyl groups excluding tert-OH is 1. The molecular formula is C14H22ClN3O2. The number of likely N-dealkylation sites (tertiary alicyclic amines) is 1. The number of carbonyl (C=O) groups excluding carboxylic acids is 1. The first-order valence-electron chi connectivity index (χ1n) is 7.02. The summed E-state index contributed by atoms with van der Waals surface area (Å²) in [6, 6.07) is 0. The van der Waals surface area contributed by atoms with E-state index in [-0.39, 0.29) is 23.8 Å². The van der Waals surface area contributed by atoms with Gasteiger partial charge in [-0.1, -0.05) is 25.4 Å². The molecule has 0 spiro atoms. The Morgan fingerprint density at radius 2 is 2.10 bits per heavy atom. The van der Waals surface area contributed by atoms with Crippen LogP contribution in [0.2, 0.25) is 5.15 Å². The van der Waals surface area contributed by atoms with Crippen LogP contribution in [0.5, 0.6) is 0 Å². The number of nitrogens with zero attached hydrogens (tertiary/aromatic N) is 3. The van der Waals surface area contributed by atoms with Crippen LogP contribution in [0.4, 0.5) is 0 Å². The Bertz CT molecular complexity index is 511. The Labute approximate surface area is 124 Å². The van der Waals surface area contributed by atoms with Crippen LogP contribution < -0.4 is 0 Å². The maximum Gasteiger partial charge on any atom is 0.258 e. The van der Waals surface area contributed by atoms with Crippen molar-refractivity contribution >= 4 is 17.5 Å². The molecule has 1 fully saturated rings. The SMILES string of the molecule is CC(C)c1nn(C)c(Cl)c1C(=O)N1CCC(C(C)O)C1. The van der Waals surface area contributed by atoms with Crippen molar-refractivity contribution in [2.24, 2.45) is 13.0 Å². The fourth-order valence-electron chi connectivity index (χ4n) is 2.65. The summed E-state index contributed by atoms with van der Waals surface area (Å²) in [6.07, 6.45) is 0.444. The molecule has 1 amide bonds. The molecule has 1 N–H and O–H groups in total. The molecule has 1 aliphatic rings. The third-order valence-electron chi connectivity index (χ3n) is 3.96. The van der Waals surface area contributed by atoms with E-state index in [1.807, 2.05) is 13.8 Å². The topological polar surface area (TPSA) is 58.4 Å². The fourth-order valence-corrected chi connectivity index (χ4v) is 2.86. The quantitative estimate of drug-likeness (QED) is 0.929. The number of aryl methyl sites for hydroxylation is 1. The van der Waals surface area contributed by atoms with Crippen LogP contribution in [-0.4, -0.2) is 44.9 Å². The third-order valence-corrected chi connectivity index (χ3v) is 4.39. The van der Waals surface area contributed by atoms with Crippen molar-refractivity contribution in [2.45, 2.75) is 39.2 Å². The van der Waals surface area contributed by atoms with Crippen molar-refractivity contribution in [1.29, 1.82) is 0 Å². The minimum absolute atomic E-state index is 0.0741. The zero-order valence-electron chi connectivity index (χ0n) is 12.4.